The fourth-order valence-corrected chi connectivity index (χ4v) is 3.04. The summed E-state index contributed by atoms with van der Waals surface area (Å²) in [5, 5.41) is 5.59. The highest BCUT2D eigenvalue weighted by Crippen LogP contribution is 2.21. The number of carbonyl (C=O) groups excluding carboxylic acids is 1. The monoisotopic (exact) mass is 381 g/mol. The average Bonchev–Trinajstić information content (AvgIpc) is 3.32. The zero-order valence-electron chi connectivity index (χ0n) is 14.3. The average molecular weight is 382 g/mol. The molecule has 2 aromatic carbocycles. The third-order valence-corrected chi connectivity index (χ3v) is 4.42. The van der Waals surface area contributed by atoms with Crippen LogP contribution in [0, 0.1) is 0 Å². The molecule has 0 radical (unpaired) electrons. The Morgan fingerprint density at radius 3 is 2.96 bits per heavy atom. The minimum absolute atomic E-state index is 0.0553. The predicted octanol–water partition coefficient (Wildman–Crippen LogP) is 4.55. The van der Waals surface area contributed by atoms with E-state index in [1.807, 2.05) is 36.5 Å². The number of nitrogens with zero attached hydrogens (tertiary/aromatic N) is 2. The van der Waals surface area contributed by atoms with Gasteiger partial charge in [-0.05, 0) is 30.2 Å². The van der Waals surface area contributed by atoms with Gasteiger partial charge >= 0.3 is 5.97 Å². The summed E-state index contributed by atoms with van der Waals surface area (Å²) in [5.41, 5.74) is 2.88. The molecule has 0 saturated heterocycles. The fraction of sp³-hybridized carbons (Fsp3) is 0.150. The van der Waals surface area contributed by atoms with Crippen LogP contribution in [0.3, 0.4) is 0 Å². The van der Waals surface area contributed by atoms with Crippen LogP contribution >= 0.6 is 11.6 Å². The van der Waals surface area contributed by atoms with E-state index < -0.39 is 0 Å². The number of aromatic nitrogens is 3. The van der Waals surface area contributed by atoms with Crippen molar-refractivity contribution in [3.05, 3.63) is 71.2 Å². The lowest BCUT2D eigenvalue weighted by atomic mass is 10.1. The number of para-hydroxylation sites is 1. The molecule has 7 heteroatoms. The summed E-state index contributed by atoms with van der Waals surface area (Å²) in [6.07, 6.45) is 2.80. The number of hydrogen-bond acceptors (Lipinski definition) is 5. The molecule has 0 aliphatic heterocycles. The molecule has 4 rings (SSSR count). The van der Waals surface area contributed by atoms with Gasteiger partial charge in [0.15, 0.2) is 6.61 Å². The van der Waals surface area contributed by atoms with Crippen LogP contribution in [0.25, 0.3) is 22.3 Å². The molecule has 0 unspecified atom stereocenters. The van der Waals surface area contributed by atoms with Crippen molar-refractivity contribution in [2.24, 2.45) is 0 Å². The van der Waals surface area contributed by atoms with Crippen LogP contribution in [0.15, 0.2) is 59.3 Å². The third-order valence-electron chi connectivity index (χ3n) is 4.18. The van der Waals surface area contributed by atoms with Gasteiger partial charge in [0, 0.05) is 34.1 Å². The Balaban J connectivity index is 1.32. The van der Waals surface area contributed by atoms with Crippen molar-refractivity contribution in [1.82, 2.24) is 15.1 Å². The van der Waals surface area contributed by atoms with E-state index >= 15 is 0 Å². The summed E-state index contributed by atoms with van der Waals surface area (Å²) in [7, 11) is 0. The summed E-state index contributed by atoms with van der Waals surface area (Å²) >= 11 is 5.96. The summed E-state index contributed by atoms with van der Waals surface area (Å²) in [6, 6.07) is 15.1. The normalized spacial score (nSPS) is 11.0. The number of halogens is 1. The Hall–Kier alpha value is -3.12. The molecular weight excluding hydrogens is 366 g/mol. The summed E-state index contributed by atoms with van der Waals surface area (Å²) in [4.78, 5) is 19.5. The molecule has 0 atom stereocenters. The molecule has 1 N–H and O–H groups in total. The number of benzene rings is 2. The zero-order chi connectivity index (χ0) is 18.6. The highest BCUT2D eigenvalue weighted by atomic mass is 35.5. The third kappa shape index (κ3) is 4.01. The number of H-pyrrole nitrogens is 1. The molecule has 6 nitrogen and oxygen atoms in total. The quantitative estimate of drug-likeness (QED) is 0.495. The van der Waals surface area contributed by atoms with Gasteiger partial charge in [-0.1, -0.05) is 47.1 Å². The molecule has 4 aromatic rings. The second-order valence-electron chi connectivity index (χ2n) is 6.04. The highest BCUT2D eigenvalue weighted by molar-refractivity contribution is 6.30. The van der Waals surface area contributed by atoms with Crippen molar-refractivity contribution in [3.8, 4) is 11.4 Å². The Bertz CT molecular complexity index is 1090. The lowest BCUT2D eigenvalue weighted by Crippen LogP contribution is -2.06. The molecule has 0 spiro atoms. The largest absolute Gasteiger partial charge is 0.456 e. The maximum absolute atomic E-state index is 12.0. The van der Waals surface area contributed by atoms with Gasteiger partial charge in [0.1, 0.15) is 0 Å². The Kier molecular flexibility index (Phi) is 4.89. The van der Waals surface area contributed by atoms with Crippen molar-refractivity contribution in [2.75, 3.05) is 0 Å². The van der Waals surface area contributed by atoms with E-state index in [9.17, 15) is 4.79 Å². The number of ether oxygens (including phenoxy) is 1. The molecule has 0 saturated carbocycles. The van der Waals surface area contributed by atoms with Crippen molar-refractivity contribution in [2.45, 2.75) is 19.4 Å². The molecule has 0 aliphatic carbocycles. The number of nitrogens with one attached hydrogen (secondary N) is 1. The number of rotatable bonds is 6. The van der Waals surface area contributed by atoms with Gasteiger partial charge in [0.2, 0.25) is 5.82 Å². The zero-order valence-corrected chi connectivity index (χ0v) is 15.1. The minimum Gasteiger partial charge on any atom is -0.456 e. The SMILES string of the molecule is O=C(CCc1c[nH]c2ccccc12)OCc1nc(-c2cccc(Cl)c2)no1. The predicted molar refractivity (Wildman–Crippen MR) is 101 cm³/mol. The maximum Gasteiger partial charge on any atom is 0.306 e. The first-order chi connectivity index (χ1) is 13.2. The van der Waals surface area contributed by atoms with Gasteiger partial charge in [-0.15, -0.1) is 0 Å². The number of hydrogen-bond donors (Lipinski definition) is 1. The summed E-state index contributed by atoms with van der Waals surface area (Å²) in [6.45, 7) is -0.0553. The van der Waals surface area contributed by atoms with Gasteiger partial charge in [-0.25, -0.2) is 0 Å². The van der Waals surface area contributed by atoms with Crippen LogP contribution in [-0.2, 0) is 22.6 Å². The highest BCUT2D eigenvalue weighted by Gasteiger charge is 2.12. The molecule has 0 bridgehead atoms. The molecule has 136 valence electrons. The van der Waals surface area contributed by atoms with Crippen molar-refractivity contribution >= 4 is 28.5 Å². The number of aromatic amines is 1. The number of carbonyl (C=O) groups is 1. The maximum atomic E-state index is 12.0. The van der Waals surface area contributed by atoms with Crippen molar-refractivity contribution in [1.29, 1.82) is 0 Å². The topological polar surface area (TPSA) is 81.0 Å². The molecular formula is C20H16ClN3O3. The first-order valence-corrected chi connectivity index (χ1v) is 8.86. The number of esters is 1. The van der Waals surface area contributed by atoms with Gasteiger partial charge in [0.05, 0.1) is 0 Å². The van der Waals surface area contributed by atoms with Crippen LogP contribution in [0.2, 0.25) is 5.02 Å². The van der Waals surface area contributed by atoms with E-state index in [0.29, 0.717) is 17.3 Å². The second kappa shape index (κ2) is 7.63. The molecule has 0 aliphatic rings. The van der Waals surface area contributed by atoms with Crippen LogP contribution in [0.5, 0.6) is 0 Å². The van der Waals surface area contributed by atoms with E-state index in [4.69, 9.17) is 20.9 Å². The van der Waals surface area contributed by atoms with Crippen molar-refractivity contribution < 1.29 is 14.1 Å². The first kappa shape index (κ1) is 17.3. The lowest BCUT2D eigenvalue weighted by molar-refractivity contribution is -0.145. The van der Waals surface area contributed by atoms with Gasteiger partial charge < -0.3 is 14.2 Å². The molecule has 0 fully saturated rings. The van der Waals surface area contributed by atoms with Crippen LogP contribution in [-0.4, -0.2) is 21.1 Å². The van der Waals surface area contributed by atoms with Gasteiger partial charge in [-0.3, -0.25) is 4.79 Å². The molecule has 0 amide bonds. The second-order valence-corrected chi connectivity index (χ2v) is 6.48. The number of aryl methyl sites for hydroxylation is 1. The van der Waals surface area contributed by atoms with E-state index in [1.165, 1.54) is 0 Å². The standard InChI is InChI=1S/C20H16ClN3O3/c21-15-5-3-4-13(10-15)20-23-18(27-24-20)12-26-19(25)9-8-14-11-22-17-7-2-1-6-16(14)17/h1-7,10-11,22H,8-9,12H2. The number of fused-ring (bicyclic) bond motifs is 1. The van der Waals surface area contributed by atoms with Crippen molar-refractivity contribution in [3.63, 3.8) is 0 Å². The van der Waals surface area contributed by atoms with Gasteiger partial charge in [0.25, 0.3) is 5.89 Å². The Morgan fingerprint density at radius 1 is 1.19 bits per heavy atom. The van der Waals surface area contributed by atoms with Crippen LogP contribution in [0.4, 0.5) is 0 Å². The van der Waals surface area contributed by atoms with E-state index in [-0.39, 0.29) is 24.9 Å². The fourth-order valence-electron chi connectivity index (χ4n) is 2.85. The van der Waals surface area contributed by atoms with Crippen LogP contribution < -0.4 is 0 Å². The van der Waals surface area contributed by atoms with E-state index in [0.717, 1.165) is 22.0 Å². The Labute approximate surface area is 160 Å². The lowest BCUT2D eigenvalue weighted by Gasteiger charge is -2.01. The van der Waals surface area contributed by atoms with E-state index in [1.54, 1.807) is 18.2 Å². The van der Waals surface area contributed by atoms with E-state index in [2.05, 4.69) is 15.1 Å². The van der Waals surface area contributed by atoms with Crippen LogP contribution in [0.1, 0.15) is 17.9 Å². The summed E-state index contributed by atoms with van der Waals surface area (Å²) in [5.74, 6) is 0.329. The Morgan fingerprint density at radius 2 is 2.07 bits per heavy atom. The first-order valence-electron chi connectivity index (χ1n) is 8.48. The van der Waals surface area contributed by atoms with Gasteiger partial charge in [-0.2, -0.15) is 4.98 Å². The summed E-state index contributed by atoms with van der Waals surface area (Å²) < 4.78 is 10.4. The smallest absolute Gasteiger partial charge is 0.306 e. The molecule has 27 heavy (non-hydrogen) atoms. The molecule has 2 heterocycles. The molecule has 2 aromatic heterocycles. The minimum atomic E-state index is -0.317.